The van der Waals surface area contributed by atoms with E-state index in [2.05, 4.69) is 19.9 Å². The van der Waals surface area contributed by atoms with Crippen LogP contribution in [0.25, 0.3) is 11.4 Å². The number of nitrogens with zero attached hydrogens (tertiary/aromatic N) is 4. The summed E-state index contributed by atoms with van der Waals surface area (Å²) >= 11 is 0. The molecule has 3 rings (SSSR count). The first kappa shape index (κ1) is 20.6. The van der Waals surface area contributed by atoms with Crippen molar-refractivity contribution in [1.82, 2.24) is 19.9 Å². The topological polar surface area (TPSA) is 156 Å². The van der Waals surface area contributed by atoms with Crippen LogP contribution in [0, 0.1) is 5.92 Å². The number of nitrogens with two attached hydrogens (primary N) is 2. The van der Waals surface area contributed by atoms with E-state index in [1.807, 2.05) is 0 Å². The van der Waals surface area contributed by atoms with Gasteiger partial charge < -0.3 is 20.9 Å². The quantitative estimate of drug-likeness (QED) is 0.568. The molecule has 0 spiro atoms. The average molecular weight is 408 g/mol. The molecule has 0 aliphatic carbocycles. The summed E-state index contributed by atoms with van der Waals surface area (Å²) in [6.45, 7) is 1.68. The highest BCUT2D eigenvalue weighted by atomic mass is 16.5. The molecule has 2 aromatic heterocycles. The van der Waals surface area contributed by atoms with E-state index >= 15 is 0 Å². The number of aromatic nitrogens is 4. The van der Waals surface area contributed by atoms with Gasteiger partial charge in [-0.05, 0) is 30.3 Å². The molecule has 0 aliphatic rings. The first-order valence-corrected chi connectivity index (χ1v) is 8.97. The lowest BCUT2D eigenvalue weighted by Gasteiger charge is -2.10. The van der Waals surface area contributed by atoms with Crippen LogP contribution in [0.4, 0.5) is 0 Å². The molecule has 0 fully saturated rings. The fourth-order valence-corrected chi connectivity index (χ4v) is 2.53. The van der Waals surface area contributed by atoms with Gasteiger partial charge in [0.2, 0.25) is 17.7 Å². The predicted octanol–water partition coefficient (Wildman–Crippen LogP) is 1.50. The van der Waals surface area contributed by atoms with E-state index in [-0.39, 0.29) is 12.1 Å². The molecule has 3 aromatic rings. The Bertz CT molecular complexity index is 1050. The molecule has 0 saturated heterocycles. The Morgan fingerprint density at radius 2 is 1.70 bits per heavy atom. The van der Waals surface area contributed by atoms with Gasteiger partial charge in [-0.25, -0.2) is 19.9 Å². The Labute approximate surface area is 172 Å². The fraction of sp³-hybridized carbons (Fsp3) is 0.200. The Kier molecular flexibility index (Phi) is 6.16. The second-order valence-corrected chi connectivity index (χ2v) is 6.46. The zero-order chi connectivity index (χ0) is 21.7. The van der Waals surface area contributed by atoms with Crippen LogP contribution in [0.1, 0.15) is 23.1 Å². The normalized spacial score (nSPS) is 11.5. The number of rotatable bonds is 8. The minimum absolute atomic E-state index is 0.0560. The lowest BCUT2D eigenvalue weighted by molar-refractivity contribution is -0.121. The Hall–Kier alpha value is -4.08. The van der Waals surface area contributed by atoms with E-state index in [4.69, 9.17) is 20.9 Å². The first-order chi connectivity index (χ1) is 14.4. The van der Waals surface area contributed by atoms with Crippen molar-refractivity contribution in [2.75, 3.05) is 7.11 Å². The third-order valence-electron chi connectivity index (χ3n) is 4.18. The predicted molar refractivity (Wildman–Crippen MR) is 107 cm³/mol. The van der Waals surface area contributed by atoms with Gasteiger partial charge >= 0.3 is 0 Å². The molecule has 0 unspecified atom stereocenters. The molecule has 2 heterocycles. The first-order valence-electron chi connectivity index (χ1n) is 8.97. The molecule has 4 N–H and O–H groups in total. The van der Waals surface area contributed by atoms with Crippen LogP contribution in [-0.2, 0) is 11.2 Å². The van der Waals surface area contributed by atoms with E-state index in [1.54, 1.807) is 31.2 Å². The van der Waals surface area contributed by atoms with Gasteiger partial charge in [0.25, 0.3) is 5.91 Å². The zero-order valence-corrected chi connectivity index (χ0v) is 16.4. The second-order valence-electron chi connectivity index (χ2n) is 6.46. The molecule has 0 radical (unpaired) electrons. The molecule has 2 amide bonds. The molecule has 1 atom stereocenters. The Balaban J connectivity index is 1.84. The minimum Gasteiger partial charge on any atom is -0.480 e. The molecule has 1 aromatic carbocycles. The van der Waals surface area contributed by atoms with Crippen LogP contribution in [0.3, 0.4) is 0 Å². The van der Waals surface area contributed by atoms with Crippen molar-refractivity contribution in [1.29, 1.82) is 0 Å². The van der Waals surface area contributed by atoms with Gasteiger partial charge in [0, 0.05) is 23.6 Å². The molecule has 0 aliphatic heterocycles. The van der Waals surface area contributed by atoms with Gasteiger partial charge in [-0.3, -0.25) is 9.59 Å². The molecule has 30 heavy (non-hydrogen) atoms. The summed E-state index contributed by atoms with van der Waals surface area (Å²) in [5, 5.41) is 0. The molecule has 0 bridgehead atoms. The van der Waals surface area contributed by atoms with E-state index in [0.717, 1.165) is 0 Å². The highest BCUT2D eigenvalue weighted by Gasteiger charge is 2.15. The number of amides is 2. The summed E-state index contributed by atoms with van der Waals surface area (Å²) in [7, 11) is 1.50. The third-order valence-corrected chi connectivity index (χ3v) is 4.18. The number of methoxy groups -OCH3 is 1. The van der Waals surface area contributed by atoms with Crippen molar-refractivity contribution in [2.24, 2.45) is 17.4 Å². The lowest BCUT2D eigenvalue weighted by atomic mass is 10.0. The molecular weight excluding hydrogens is 388 g/mol. The van der Waals surface area contributed by atoms with Gasteiger partial charge in [0.05, 0.1) is 19.5 Å². The number of benzene rings is 1. The fourth-order valence-electron chi connectivity index (χ4n) is 2.53. The smallest absolute Gasteiger partial charge is 0.267 e. The SMILES string of the molecule is COc1cnc(Oc2ccc(-c3nc(C[C@@H](C)C(N)=O)cc(C(N)=O)n3)cc2)cn1. The number of hydrogen-bond donors (Lipinski definition) is 2. The van der Waals surface area contributed by atoms with E-state index < -0.39 is 17.7 Å². The van der Waals surface area contributed by atoms with Crippen molar-refractivity contribution in [3.8, 4) is 28.9 Å². The van der Waals surface area contributed by atoms with Crippen molar-refractivity contribution in [3.63, 3.8) is 0 Å². The van der Waals surface area contributed by atoms with Crippen molar-refractivity contribution < 1.29 is 19.1 Å². The van der Waals surface area contributed by atoms with Crippen LogP contribution in [0.2, 0.25) is 0 Å². The van der Waals surface area contributed by atoms with Crippen LogP contribution in [0.5, 0.6) is 17.5 Å². The van der Waals surface area contributed by atoms with Gasteiger partial charge in [-0.2, -0.15) is 0 Å². The molecule has 10 nitrogen and oxygen atoms in total. The second kappa shape index (κ2) is 8.95. The summed E-state index contributed by atoms with van der Waals surface area (Å²) < 4.78 is 10.6. The monoisotopic (exact) mass is 408 g/mol. The Morgan fingerprint density at radius 3 is 2.27 bits per heavy atom. The van der Waals surface area contributed by atoms with Crippen LogP contribution in [0.15, 0.2) is 42.7 Å². The highest BCUT2D eigenvalue weighted by Crippen LogP contribution is 2.24. The summed E-state index contributed by atoms with van der Waals surface area (Å²) in [6.07, 6.45) is 3.16. The maximum atomic E-state index is 11.7. The van der Waals surface area contributed by atoms with Crippen molar-refractivity contribution >= 4 is 11.8 Å². The number of carbonyl (C=O) groups excluding carboxylic acids is 2. The van der Waals surface area contributed by atoms with Crippen LogP contribution in [-0.4, -0.2) is 38.9 Å². The minimum atomic E-state index is -0.690. The van der Waals surface area contributed by atoms with Gasteiger partial charge in [0.1, 0.15) is 11.4 Å². The van der Waals surface area contributed by atoms with E-state index in [0.29, 0.717) is 34.6 Å². The standard InChI is InChI=1S/C20H20N6O4/c1-11(18(21)27)7-13-8-15(19(22)28)26-20(25-13)12-3-5-14(6-4-12)30-17-10-23-16(29-2)9-24-17/h3-6,8-11H,7H2,1-2H3,(H2,21,27)(H2,22,28)/t11-/m1/s1. The van der Waals surface area contributed by atoms with Crippen molar-refractivity contribution in [2.45, 2.75) is 13.3 Å². The molecule has 10 heteroatoms. The number of primary amides is 2. The molecule has 0 saturated carbocycles. The molecular formula is C20H20N6O4. The maximum absolute atomic E-state index is 11.7. The van der Waals surface area contributed by atoms with Crippen LogP contribution < -0.4 is 20.9 Å². The lowest BCUT2D eigenvalue weighted by Crippen LogP contribution is -2.23. The van der Waals surface area contributed by atoms with E-state index in [1.165, 1.54) is 25.6 Å². The van der Waals surface area contributed by atoms with Gasteiger partial charge in [0.15, 0.2) is 5.82 Å². The van der Waals surface area contributed by atoms with Gasteiger partial charge in [-0.15, -0.1) is 0 Å². The average Bonchev–Trinajstić information content (AvgIpc) is 2.74. The summed E-state index contributed by atoms with van der Waals surface area (Å²) in [4.78, 5) is 39.8. The number of ether oxygens (including phenoxy) is 2. The summed E-state index contributed by atoms with van der Waals surface area (Å²) in [5.41, 5.74) is 11.9. The molecule has 154 valence electrons. The maximum Gasteiger partial charge on any atom is 0.267 e. The Morgan fingerprint density at radius 1 is 1.03 bits per heavy atom. The number of hydrogen-bond acceptors (Lipinski definition) is 8. The highest BCUT2D eigenvalue weighted by molar-refractivity contribution is 5.91. The summed E-state index contributed by atoms with van der Waals surface area (Å²) in [6, 6.07) is 8.33. The number of carbonyl (C=O) groups is 2. The zero-order valence-electron chi connectivity index (χ0n) is 16.4. The van der Waals surface area contributed by atoms with E-state index in [9.17, 15) is 9.59 Å². The summed E-state index contributed by atoms with van der Waals surface area (Å²) in [5.74, 6) is -0.0945. The largest absolute Gasteiger partial charge is 0.480 e. The van der Waals surface area contributed by atoms with Crippen molar-refractivity contribution in [3.05, 3.63) is 54.1 Å². The van der Waals surface area contributed by atoms with Crippen LogP contribution >= 0.6 is 0 Å². The third kappa shape index (κ3) is 5.04. The van der Waals surface area contributed by atoms with Gasteiger partial charge in [-0.1, -0.05) is 6.92 Å².